The van der Waals surface area contributed by atoms with Gasteiger partial charge in [-0.05, 0) is 23.6 Å². The zero-order valence-corrected chi connectivity index (χ0v) is 15.1. The van der Waals surface area contributed by atoms with Crippen LogP contribution in [0.25, 0.3) is 11.0 Å². The summed E-state index contributed by atoms with van der Waals surface area (Å²) in [6.07, 6.45) is -4.72. The highest BCUT2D eigenvalue weighted by molar-refractivity contribution is 6.22. The van der Waals surface area contributed by atoms with Crippen molar-refractivity contribution in [2.24, 2.45) is 4.99 Å². The number of fused-ring (bicyclic) bond motifs is 1. The number of hydrogen-bond donors (Lipinski definition) is 0. The largest absolute Gasteiger partial charge is 0.451 e. The molecular formula is C21H18F3NO2. The number of amides is 1. The normalized spacial score (nSPS) is 12.8. The van der Waals surface area contributed by atoms with Gasteiger partial charge in [-0.3, -0.25) is 4.79 Å². The quantitative estimate of drug-likeness (QED) is 0.532. The van der Waals surface area contributed by atoms with Crippen LogP contribution in [0.4, 0.5) is 13.2 Å². The molecule has 0 spiro atoms. The van der Waals surface area contributed by atoms with Crippen LogP contribution in [0.3, 0.4) is 0 Å². The Hall–Kier alpha value is -2.89. The molecule has 27 heavy (non-hydrogen) atoms. The van der Waals surface area contributed by atoms with Crippen molar-refractivity contribution in [2.75, 3.05) is 0 Å². The first-order chi connectivity index (χ1) is 12.7. The van der Waals surface area contributed by atoms with Gasteiger partial charge in [-0.2, -0.15) is 13.2 Å². The number of aliphatic imine (C=N–C) groups is 1. The van der Waals surface area contributed by atoms with E-state index in [9.17, 15) is 18.0 Å². The van der Waals surface area contributed by atoms with Gasteiger partial charge in [0.15, 0.2) is 0 Å². The zero-order chi connectivity index (χ0) is 19.8. The SMILES string of the molecule is CC(=O)N=C(c1ccccc1)c1c(C(F)(F)F)oc2ccc(C(C)C)cc12. The molecule has 0 aliphatic heterocycles. The average molecular weight is 373 g/mol. The van der Waals surface area contributed by atoms with E-state index in [4.69, 9.17) is 4.42 Å². The minimum Gasteiger partial charge on any atom is -0.451 e. The molecule has 0 N–H and O–H groups in total. The third-order valence-corrected chi connectivity index (χ3v) is 4.19. The van der Waals surface area contributed by atoms with E-state index in [1.54, 1.807) is 42.5 Å². The second kappa shape index (κ2) is 7.02. The van der Waals surface area contributed by atoms with Crippen LogP contribution in [0.5, 0.6) is 0 Å². The third-order valence-electron chi connectivity index (χ3n) is 4.19. The van der Waals surface area contributed by atoms with Gasteiger partial charge in [0.05, 0.1) is 11.3 Å². The van der Waals surface area contributed by atoms with Crippen molar-refractivity contribution in [3.8, 4) is 0 Å². The number of carbonyl (C=O) groups excluding carboxylic acids is 1. The lowest BCUT2D eigenvalue weighted by atomic mass is 9.95. The van der Waals surface area contributed by atoms with Crippen molar-refractivity contribution in [1.82, 2.24) is 0 Å². The predicted molar refractivity (Wildman–Crippen MR) is 98.1 cm³/mol. The topological polar surface area (TPSA) is 42.6 Å². The fraction of sp³-hybridized carbons (Fsp3) is 0.238. The van der Waals surface area contributed by atoms with Crippen molar-refractivity contribution < 1.29 is 22.4 Å². The summed E-state index contributed by atoms with van der Waals surface area (Å²) in [4.78, 5) is 15.6. The van der Waals surface area contributed by atoms with Crippen LogP contribution in [0, 0.1) is 0 Å². The van der Waals surface area contributed by atoms with E-state index >= 15 is 0 Å². The van der Waals surface area contributed by atoms with Crippen LogP contribution in [0.15, 0.2) is 57.9 Å². The Labute approximate surface area is 154 Å². The zero-order valence-electron chi connectivity index (χ0n) is 15.1. The lowest BCUT2D eigenvalue weighted by Crippen LogP contribution is -2.13. The fourth-order valence-electron chi connectivity index (χ4n) is 2.93. The molecule has 0 atom stereocenters. The van der Waals surface area contributed by atoms with Gasteiger partial charge in [0.1, 0.15) is 5.58 Å². The van der Waals surface area contributed by atoms with Gasteiger partial charge in [0.25, 0.3) is 0 Å². The van der Waals surface area contributed by atoms with Gasteiger partial charge < -0.3 is 4.42 Å². The first-order valence-electron chi connectivity index (χ1n) is 8.47. The van der Waals surface area contributed by atoms with E-state index in [1.807, 2.05) is 13.8 Å². The van der Waals surface area contributed by atoms with Crippen molar-refractivity contribution >= 4 is 22.6 Å². The number of nitrogens with zero attached hydrogens (tertiary/aromatic N) is 1. The van der Waals surface area contributed by atoms with Gasteiger partial charge in [0.2, 0.25) is 11.7 Å². The Morgan fingerprint density at radius 2 is 1.74 bits per heavy atom. The van der Waals surface area contributed by atoms with E-state index in [1.165, 1.54) is 13.0 Å². The van der Waals surface area contributed by atoms with Gasteiger partial charge in [-0.15, -0.1) is 0 Å². The Morgan fingerprint density at radius 3 is 2.30 bits per heavy atom. The van der Waals surface area contributed by atoms with Gasteiger partial charge in [0, 0.05) is 17.9 Å². The van der Waals surface area contributed by atoms with Gasteiger partial charge in [-0.1, -0.05) is 50.2 Å². The highest BCUT2D eigenvalue weighted by Gasteiger charge is 2.41. The molecule has 1 amide bonds. The first kappa shape index (κ1) is 18.9. The van der Waals surface area contributed by atoms with Gasteiger partial charge >= 0.3 is 6.18 Å². The lowest BCUT2D eigenvalue weighted by Gasteiger charge is -2.10. The minimum atomic E-state index is -4.72. The number of carbonyl (C=O) groups is 1. The highest BCUT2D eigenvalue weighted by Crippen LogP contribution is 2.40. The second-order valence-electron chi connectivity index (χ2n) is 6.56. The molecule has 0 aliphatic rings. The molecule has 0 saturated heterocycles. The Balaban J connectivity index is 2.41. The standard InChI is InChI=1S/C21H18F3NO2/c1-12(2)15-9-10-17-16(11-15)18(20(27-17)21(22,23)24)19(25-13(3)26)14-7-5-4-6-8-14/h4-12H,1-3H3. The summed E-state index contributed by atoms with van der Waals surface area (Å²) in [5, 5.41) is 0.289. The molecule has 6 heteroatoms. The molecule has 3 rings (SSSR count). The number of rotatable bonds is 3. The van der Waals surface area contributed by atoms with Crippen molar-refractivity contribution in [1.29, 1.82) is 0 Å². The summed E-state index contributed by atoms with van der Waals surface area (Å²) < 4.78 is 46.3. The molecule has 2 aromatic carbocycles. The van der Waals surface area contributed by atoms with Crippen LogP contribution < -0.4 is 0 Å². The second-order valence-corrected chi connectivity index (χ2v) is 6.56. The average Bonchev–Trinajstić information content (AvgIpc) is 2.99. The van der Waals surface area contributed by atoms with Crippen molar-refractivity contribution in [2.45, 2.75) is 32.9 Å². The minimum absolute atomic E-state index is 0.0462. The monoisotopic (exact) mass is 373 g/mol. The molecule has 140 valence electrons. The van der Waals surface area contributed by atoms with Crippen LogP contribution in [-0.4, -0.2) is 11.6 Å². The number of benzene rings is 2. The molecule has 0 fully saturated rings. The number of hydrogen-bond acceptors (Lipinski definition) is 2. The molecule has 0 aliphatic carbocycles. The lowest BCUT2D eigenvalue weighted by molar-refractivity contribution is -0.152. The van der Waals surface area contributed by atoms with Crippen LogP contribution in [0.2, 0.25) is 0 Å². The van der Waals surface area contributed by atoms with Crippen molar-refractivity contribution in [3.05, 3.63) is 71.0 Å². The van der Waals surface area contributed by atoms with E-state index in [0.717, 1.165) is 5.56 Å². The molecule has 0 saturated carbocycles. The maximum absolute atomic E-state index is 13.7. The third kappa shape index (κ3) is 3.79. The molecule has 1 heterocycles. The van der Waals surface area contributed by atoms with Gasteiger partial charge in [-0.25, -0.2) is 4.99 Å². The summed E-state index contributed by atoms with van der Waals surface area (Å²) in [7, 11) is 0. The fourth-order valence-corrected chi connectivity index (χ4v) is 2.93. The molecule has 3 aromatic rings. The van der Waals surface area contributed by atoms with Crippen LogP contribution in [0.1, 0.15) is 49.1 Å². The van der Waals surface area contributed by atoms with Crippen LogP contribution in [-0.2, 0) is 11.0 Å². The van der Waals surface area contributed by atoms with Crippen LogP contribution >= 0.6 is 0 Å². The van der Waals surface area contributed by atoms with E-state index < -0.39 is 17.8 Å². The predicted octanol–water partition coefficient (Wildman–Crippen LogP) is 5.96. The summed E-state index contributed by atoms with van der Waals surface area (Å²) in [6.45, 7) is 5.11. The summed E-state index contributed by atoms with van der Waals surface area (Å²) in [5.41, 5.74) is 1.13. The molecular weight excluding hydrogens is 355 g/mol. The first-order valence-corrected chi connectivity index (χ1v) is 8.47. The summed E-state index contributed by atoms with van der Waals surface area (Å²) in [5.74, 6) is -1.62. The Kier molecular flexibility index (Phi) is 4.91. The maximum atomic E-state index is 13.7. The number of alkyl halides is 3. The molecule has 0 unspecified atom stereocenters. The highest BCUT2D eigenvalue weighted by atomic mass is 19.4. The van der Waals surface area contributed by atoms with Crippen molar-refractivity contribution in [3.63, 3.8) is 0 Å². The Morgan fingerprint density at radius 1 is 1.07 bits per heavy atom. The summed E-state index contributed by atoms with van der Waals surface area (Å²) in [6, 6.07) is 13.3. The molecule has 0 radical (unpaired) electrons. The Bertz CT molecular complexity index is 1020. The number of furan rings is 1. The summed E-state index contributed by atoms with van der Waals surface area (Å²) >= 11 is 0. The maximum Gasteiger partial charge on any atom is 0.450 e. The van der Waals surface area contributed by atoms with E-state index in [-0.39, 0.29) is 28.2 Å². The van der Waals surface area contributed by atoms with E-state index in [0.29, 0.717) is 5.56 Å². The molecule has 0 bridgehead atoms. The molecule has 1 aromatic heterocycles. The number of halogens is 3. The molecule has 3 nitrogen and oxygen atoms in total. The van der Waals surface area contributed by atoms with E-state index in [2.05, 4.69) is 4.99 Å². The smallest absolute Gasteiger partial charge is 0.450 e.